The predicted molar refractivity (Wildman–Crippen MR) is 108 cm³/mol. The van der Waals surface area contributed by atoms with Crippen LogP contribution in [0.5, 0.6) is 11.5 Å². The maximum absolute atomic E-state index is 12.3. The minimum atomic E-state index is -0.578. The first-order chi connectivity index (χ1) is 13.6. The molecule has 5 nitrogen and oxygen atoms in total. The van der Waals surface area contributed by atoms with Crippen molar-refractivity contribution in [2.24, 2.45) is 0 Å². The molecular formula is C23H24N2O3. The van der Waals surface area contributed by atoms with Gasteiger partial charge in [0.15, 0.2) is 6.10 Å². The number of benzene rings is 2. The lowest BCUT2D eigenvalue weighted by Crippen LogP contribution is -2.35. The van der Waals surface area contributed by atoms with Crippen LogP contribution in [0.1, 0.15) is 23.7 Å². The number of hydrogen-bond donors (Lipinski definition) is 1. The van der Waals surface area contributed by atoms with Gasteiger partial charge in [-0.3, -0.25) is 9.78 Å². The minimum Gasteiger partial charge on any atom is -0.487 e. The standard InChI is InChI=1S/C23H24N2O3/c1-17-9-11-21(12-10-17)28-18(2)23(26)25-15-19-6-5-8-22(14-19)27-16-20-7-3-4-13-24-20/h3-14,18H,15-16H2,1-2H3,(H,25,26). The highest BCUT2D eigenvalue weighted by Gasteiger charge is 2.14. The number of aryl methyl sites for hydroxylation is 1. The molecule has 0 saturated carbocycles. The van der Waals surface area contributed by atoms with Crippen molar-refractivity contribution in [1.82, 2.24) is 10.3 Å². The zero-order valence-corrected chi connectivity index (χ0v) is 16.1. The Kier molecular flexibility index (Phi) is 6.63. The largest absolute Gasteiger partial charge is 0.487 e. The van der Waals surface area contributed by atoms with E-state index in [1.54, 1.807) is 13.1 Å². The Labute approximate surface area is 165 Å². The van der Waals surface area contributed by atoms with E-state index in [1.807, 2.05) is 73.7 Å². The molecule has 1 unspecified atom stereocenters. The fourth-order valence-corrected chi connectivity index (χ4v) is 2.59. The Morgan fingerprint density at radius 1 is 1.04 bits per heavy atom. The van der Waals surface area contributed by atoms with Crippen LogP contribution in [0, 0.1) is 6.92 Å². The molecule has 0 radical (unpaired) electrons. The minimum absolute atomic E-state index is 0.166. The van der Waals surface area contributed by atoms with Gasteiger partial charge in [0, 0.05) is 12.7 Å². The van der Waals surface area contributed by atoms with Gasteiger partial charge in [-0.25, -0.2) is 0 Å². The number of nitrogens with one attached hydrogen (secondary N) is 1. The normalized spacial score (nSPS) is 11.5. The summed E-state index contributed by atoms with van der Waals surface area (Å²) in [6.07, 6.45) is 1.16. The van der Waals surface area contributed by atoms with E-state index >= 15 is 0 Å². The molecule has 0 aliphatic heterocycles. The van der Waals surface area contributed by atoms with Crippen molar-refractivity contribution in [3.8, 4) is 11.5 Å². The Balaban J connectivity index is 1.49. The summed E-state index contributed by atoms with van der Waals surface area (Å²) in [6, 6.07) is 21.0. The second-order valence-corrected chi connectivity index (χ2v) is 6.55. The molecular weight excluding hydrogens is 352 g/mol. The summed E-state index contributed by atoms with van der Waals surface area (Å²) < 4.78 is 11.5. The lowest BCUT2D eigenvalue weighted by Gasteiger charge is -2.15. The van der Waals surface area contributed by atoms with Crippen LogP contribution in [0.3, 0.4) is 0 Å². The molecule has 28 heavy (non-hydrogen) atoms. The van der Waals surface area contributed by atoms with Gasteiger partial charge in [-0.2, -0.15) is 0 Å². The third-order valence-electron chi connectivity index (χ3n) is 4.18. The molecule has 0 aliphatic carbocycles. The van der Waals surface area contributed by atoms with Gasteiger partial charge in [-0.05, 0) is 55.8 Å². The van der Waals surface area contributed by atoms with Crippen molar-refractivity contribution < 1.29 is 14.3 Å². The fraction of sp³-hybridized carbons (Fsp3) is 0.217. The zero-order chi connectivity index (χ0) is 19.8. The number of pyridine rings is 1. The summed E-state index contributed by atoms with van der Waals surface area (Å²) in [5, 5.41) is 2.90. The highest BCUT2D eigenvalue weighted by Crippen LogP contribution is 2.16. The van der Waals surface area contributed by atoms with Gasteiger partial charge >= 0.3 is 0 Å². The Morgan fingerprint density at radius 2 is 1.86 bits per heavy atom. The van der Waals surface area contributed by atoms with Crippen molar-refractivity contribution >= 4 is 5.91 Å². The number of carbonyl (C=O) groups excluding carboxylic acids is 1. The monoisotopic (exact) mass is 376 g/mol. The van der Waals surface area contributed by atoms with Gasteiger partial charge in [0.25, 0.3) is 5.91 Å². The van der Waals surface area contributed by atoms with E-state index in [0.29, 0.717) is 18.9 Å². The van der Waals surface area contributed by atoms with Crippen LogP contribution in [0.25, 0.3) is 0 Å². The predicted octanol–water partition coefficient (Wildman–Crippen LogP) is 4.05. The second-order valence-electron chi connectivity index (χ2n) is 6.55. The number of nitrogens with zero attached hydrogens (tertiary/aromatic N) is 1. The molecule has 0 spiro atoms. The van der Waals surface area contributed by atoms with Gasteiger partial charge < -0.3 is 14.8 Å². The average molecular weight is 376 g/mol. The molecule has 5 heteroatoms. The highest BCUT2D eigenvalue weighted by atomic mass is 16.5. The van der Waals surface area contributed by atoms with E-state index in [4.69, 9.17) is 9.47 Å². The van der Waals surface area contributed by atoms with Gasteiger partial charge in [0.05, 0.1) is 5.69 Å². The molecule has 0 bridgehead atoms. The van der Waals surface area contributed by atoms with Crippen LogP contribution >= 0.6 is 0 Å². The first kappa shape index (κ1) is 19.4. The van der Waals surface area contributed by atoms with Crippen LogP contribution < -0.4 is 14.8 Å². The summed E-state index contributed by atoms with van der Waals surface area (Å²) in [7, 11) is 0. The summed E-state index contributed by atoms with van der Waals surface area (Å²) in [6.45, 7) is 4.55. The molecule has 1 heterocycles. The maximum Gasteiger partial charge on any atom is 0.261 e. The van der Waals surface area contributed by atoms with E-state index in [9.17, 15) is 4.79 Å². The Bertz CT molecular complexity index is 895. The number of hydrogen-bond acceptors (Lipinski definition) is 4. The number of aromatic nitrogens is 1. The number of carbonyl (C=O) groups is 1. The van der Waals surface area contributed by atoms with E-state index in [1.165, 1.54) is 0 Å². The molecule has 1 aromatic heterocycles. The van der Waals surface area contributed by atoms with Crippen molar-refractivity contribution in [3.05, 3.63) is 89.7 Å². The van der Waals surface area contributed by atoms with E-state index < -0.39 is 6.10 Å². The highest BCUT2D eigenvalue weighted by molar-refractivity contribution is 5.80. The zero-order valence-electron chi connectivity index (χ0n) is 16.1. The second kappa shape index (κ2) is 9.55. The lowest BCUT2D eigenvalue weighted by atomic mass is 10.2. The molecule has 0 saturated heterocycles. The Hall–Kier alpha value is -3.34. The van der Waals surface area contributed by atoms with Crippen LogP contribution in [0.4, 0.5) is 0 Å². The fourth-order valence-electron chi connectivity index (χ4n) is 2.59. The van der Waals surface area contributed by atoms with Crippen LogP contribution in [0.15, 0.2) is 72.9 Å². The molecule has 1 atom stereocenters. The topological polar surface area (TPSA) is 60.5 Å². The third-order valence-corrected chi connectivity index (χ3v) is 4.18. The number of rotatable bonds is 8. The molecule has 2 aromatic carbocycles. The number of amides is 1. The summed E-state index contributed by atoms with van der Waals surface area (Å²) in [5.41, 5.74) is 2.97. The van der Waals surface area contributed by atoms with Crippen LogP contribution in [-0.4, -0.2) is 17.0 Å². The van der Waals surface area contributed by atoms with Gasteiger partial charge in [0.1, 0.15) is 18.1 Å². The van der Waals surface area contributed by atoms with Crippen LogP contribution in [-0.2, 0) is 17.9 Å². The maximum atomic E-state index is 12.3. The van der Waals surface area contributed by atoms with Crippen molar-refractivity contribution in [2.75, 3.05) is 0 Å². The van der Waals surface area contributed by atoms with E-state index in [-0.39, 0.29) is 5.91 Å². The average Bonchev–Trinajstić information content (AvgIpc) is 2.73. The van der Waals surface area contributed by atoms with E-state index in [0.717, 1.165) is 22.6 Å². The van der Waals surface area contributed by atoms with Crippen molar-refractivity contribution in [3.63, 3.8) is 0 Å². The quantitative estimate of drug-likeness (QED) is 0.644. The van der Waals surface area contributed by atoms with E-state index in [2.05, 4.69) is 10.3 Å². The Morgan fingerprint density at radius 3 is 2.61 bits per heavy atom. The molecule has 3 rings (SSSR count). The molecule has 144 valence electrons. The smallest absolute Gasteiger partial charge is 0.261 e. The summed E-state index contributed by atoms with van der Waals surface area (Å²) in [4.78, 5) is 16.5. The molecule has 0 fully saturated rings. The van der Waals surface area contributed by atoms with Crippen molar-refractivity contribution in [2.45, 2.75) is 33.1 Å². The summed E-state index contributed by atoms with van der Waals surface area (Å²) in [5.74, 6) is 1.25. The third kappa shape index (κ3) is 5.84. The van der Waals surface area contributed by atoms with Crippen LogP contribution in [0.2, 0.25) is 0 Å². The molecule has 1 N–H and O–H groups in total. The first-order valence-electron chi connectivity index (χ1n) is 9.23. The molecule has 1 amide bonds. The SMILES string of the molecule is Cc1ccc(OC(C)C(=O)NCc2cccc(OCc3ccccn3)c2)cc1. The first-order valence-corrected chi connectivity index (χ1v) is 9.23. The lowest BCUT2D eigenvalue weighted by molar-refractivity contribution is -0.127. The van der Waals surface area contributed by atoms with Gasteiger partial charge in [0.2, 0.25) is 0 Å². The molecule has 0 aliphatic rings. The summed E-state index contributed by atoms with van der Waals surface area (Å²) >= 11 is 0. The molecule has 3 aromatic rings. The van der Waals surface area contributed by atoms with Crippen molar-refractivity contribution in [1.29, 1.82) is 0 Å². The van der Waals surface area contributed by atoms with Gasteiger partial charge in [-0.1, -0.05) is 35.9 Å². The van der Waals surface area contributed by atoms with Gasteiger partial charge in [-0.15, -0.1) is 0 Å². The number of ether oxygens (including phenoxy) is 2.